The van der Waals surface area contributed by atoms with Crippen molar-refractivity contribution in [3.05, 3.63) is 77.0 Å². The topological polar surface area (TPSA) is 70.8 Å². The third kappa shape index (κ3) is 4.95. The summed E-state index contributed by atoms with van der Waals surface area (Å²) in [5.74, 6) is -0.203. The maximum absolute atomic E-state index is 12.3. The summed E-state index contributed by atoms with van der Waals surface area (Å²) >= 11 is 0. The molecule has 1 fully saturated rings. The van der Waals surface area contributed by atoms with Gasteiger partial charge >= 0.3 is 5.97 Å². The second kappa shape index (κ2) is 9.09. The summed E-state index contributed by atoms with van der Waals surface area (Å²) in [5.41, 5.74) is 1.68. The van der Waals surface area contributed by atoms with Crippen molar-refractivity contribution in [1.82, 2.24) is 0 Å². The minimum Gasteiger partial charge on any atom is -0.448 e. The van der Waals surface area contributed by atoms with Crippen LogP contribution in [-0.4, -0.2) is 35.6 Å². The molecule has 1 aliphatic heterocycles. The van der Waals surface area contributed by atoms with Crippen LogP contribution in [0.5, 0.6) is 0 Å². The average Bonchev–Trinajstić information content (AvgIpc) is 2.75. The summed E-state index contributed by atoms with van der Waals surface area (Å²) in [5, 5.41) is 12.0. The first-order valence-corrected chi connectivity index (χ1v) is 10.1. The summed E-state index contributed by atoms with van der Waals surface area (Å²) in [6.07, 6.45) is 4.22. The van der Waals surface area contributed by atoms with Crippen LogP contribution in [0.3, 0.4) is 0 Å². The molecule has 0 saturated heterocycles. The summed E-state index contributed by atoms with van der Waals surface area (Å²) in [6.45, 7) is 0. The van der Waals surface area contributed by atoms with Gasteiger partial charge in [-0.2, -0.15) is 0 Å². The third-order valence-electron chi connectivity index (χ3n) is 5.46. The number of esters is 1. The van der Waals surface area contributed by atoms with E-state index >= 15 is 0 Å². The number of rotatable bonds is 5. The molecule has 6 nitrogen and oxygen atoms in total. The van der Waals surface area contributed by atoms with Gasteiger partial charge in [0.1, 0.15) is 0 Å². The Hall–Kier alpha value is -2.86. The van der Waals surface area contributed by atoms with E-state index in [1.54, 1.807) is 24.3 Å². The van der Waals surface area contributed by atoms with Gasteiger partial charge in [-0.1, -0.05) is 61.4 Å². The molecular formula is C23H25NO5. The van der Waals surface area contributed by atoms with Gasteiger partial charge < -0.3 is 14.3 Å². The summed E-state index contributed by atoms with van der Waals surface area (Å²) < 4.78 is 11.7. The first kappa shape index (κ1) is 19.5. The molecule has 1 aliphatic carbocycles. The van der Waals surface area contributed by atoms with E-state index in [0.717, 1.165) is 25.7 Å². The lowest BCUT2D eigenvalue weighted by Crippen LogP contribution is -2.41. The molecule has 2 aliphatic rings. The Balaban J connectivity index is 1.41. The molecule has 6 heteroatoms. The van der Waals surface area contributed by atoms with Gasteiger partial charge in [0.05, 0.1) is 11.7 Å². The Kier molecular flexibility index (Phi) is 6.10. The molecule has 2 aromatic carbocycles. The molecule has 0 aromatic heterocycles. The molecule has 0 amide bonds. The first-order chi connectivity index (χ1) is 14.2. The Morgan fingerprint density at radius 1 is 1.00 bits per heavy atom. The molecule has 4 rings (SSSR count). The molecule has 1 saturated carbocycles. The van der Waals surface area contributed by atoms with Gasteiger partial charge in [0, 0.05) is 17.2 Å². The lowest BCUT2D eigenvalue weighted by atomic mass is 9.81. The fourth-order valence-corrected chi connectivity index (χ4v) is 4.06. The largest absolute Gasteiger partial charge is 0.448 e. The van der Waals surface area contributed by atoms with Crippen molar-refractivity contribution >= 4 is 12.2 Å². The molecule has 0 unspecified atom stereocenters. The highest BCUT2D eigenvalue weighted by molar-refractivity contribution is 5.90. The number of hydrogen-bond acceptors (Lipinski definition) is 5. The van der Waals surface area contributed by atoms with E-state index in [2.05, 4.69) is 12.1 Å². The monoisotopic (exact) mass is 395 g/mol. The molecule has 152 valence electrons. The number of hydrogen-bond donors (Lipinski definition) is 0. The van der Waals surface area contributed by atoms with Crippen LogP contribution in [-0.2, 0) is 14.3 Å². The van der Waals surface area contributed by atoms with Gasteiger partial charge in [-0.3, -0.25) is 5.21 Å². The van der Waals surface area contributed by atoms with E-state index in [9.17, 15) is 10.0 Å². The van der Waals surface area contributed by atoms with Crippen LogP contribution in [0.15, 0.2) is 60.7 Å². The van der Waals surface area contributed by atoms with Gasteiger partial charge in [-0.05, 0) is 30.5 Å². The zero-order chi connectivity index (χ0) is 20.1. The maximum atomic E-state index is 12.3. The van der Waals surface area contributed by atoms with E-state index in [1.807, 2.05) is 24.3 Å². The minimum atomic E-state index is -0.750. The standard InChI is InChI=1S/C23H25NO5/c25-23(18-11-5-2-6-12-18)27-19-15-22(29-24(26)16-19)28-21-14-8-7-13-20(21)17-9-3-1-4-10-17/h1-6,9-12,16,19-22H,7-8,13-15H2/t19-,20-,21+,22-/m0/s1. The van der Waals surface area contributed by atoms with Gasteiger partial charge in [-0.15, -0.1) is 0 Å². The van der Waals surface area contributed by atoms with Crippen LogP contribution in [0.1, 0.15) is 53.9 Å². The lowest BCUT2D eigenvalue weighted by molar-refractivity contribution is -0.770. The molecule has 29 heavy (non-hydrogen) atoms. The van der Waals surface area contributed by atoms with Crippen molar-refractivity contribution in [2.24, 2.45) is 0 Å². The first-order valence-electron chi connectivity index (χ1n) is 10.1. The van der Waals surface area contributed by atoms with Crippen molar-refractivity contribution in [1.29, 1.82) is 0 Å². The number of carbonyl (C=O) groups is 1. The van der Waals surface area contributed by atoms with E-state index in [4.69, 9.17) is 14.3 Å². The fraction of sp³-hybridized carbons (Fsp3) is 0.391. The van der Waals surface area contributed by atoms with Crippen LogP contribution in [0, 0.1) is 5.21 Å². The average molecular weight is 395 g/mol. The van der Waals surface area contributed by atoms with Crippen LogP contribution in [0.4, 0.5) is 0 Å². The zero-order valence-electron chi connectivity index (χ0n) is 16.2. The van der Waals surface area contributed by atoms with Crippen molar-refractivity contribution in [2.45, 2.75) is 56.5 Å². The highest BCUT2D eigenvalue weighted by Gasteiger charge is 2.34. The molecule has 0 N–H and O–H groups in total. The summed E-state index contributed by atoms with van der Waals surface area (Å²) in [4.78, 5) is 18.0. The van der Waals surface area contributed by atoms with E-state index < -0.39 is 18.4 Å². The highest BCUT2D eigenvalue weighted by atomic mass is 16.9. The molecule has 1 heterocycles. The number of ether oxygens (including phenoxy) is 2. The smallest absolute Gasteiger partial charge is 0.338 e. The second-order valence-corrected chi connectivity index (χ2v) is 7.49. The summed E-state index contributed by atoms with van der Waals surface area (Å²) in [6, 6.07) is 19.0. The van der Waals surface area contributed by atoms with Crippen molar-refractivity contribution in [3.8, 4) is 0 Å². The predicted molar refractivity (Wildman–Crippen MR) is 107 cm³/mol. The van der Waals surface area contributed by atoms with Crippen molar-refractivity contribution in [3.63, 3.8) is 0 Å². The van der Waals surface area contributed by atoms with Gasteiger partial charge in [0.25, 0.3) is 6.21 Å². The number of benzene rings is 2. The molecule has 0 bridgehead atoms. The molecule has 2 aromatic rings. The van der Waals surface area contributed by atoms with E-state index in [1.165, 1.54) is 11.8 Å². The third-order valence-corrected chi connectivity index (χ3v) is 5.46. The Bertz CT molecular complexity index is 839. The highest BCUT2D eigenvalue weighted by Crippen LogP contribution is 2.36. The lowest BCUT2D eigenvalue weighted by Gasteiger charge is -2.36. The molecule has 4 atom stereocenters. The van der Waals surface area contributed by atoms with Crippen LogP contribution >= 0.6 is 0 Å². The SMILES string of the molecule is O=C(O[C@@H]1C=[N+]([O-])O[C@H](O[C@@H]2CCCC[C@H]2c2ccccc2)C1)c1ccccc1. The number of nitrogens with zero attached hydrogens (tertiary/aromatic N) is 1. The van der Waals surface area contributed by atoms with Crippen molar-refractivity contribution < 1.29 is 24.0 Å². The van der Waals surface area contributed by atoms with Crippen LogP contribution < -0.4 is 0 Å². The quantitative estimate of drug-likeness (QED) is 0.561. The van der Waals surface area contributed by atoms with E-state index in [0.29, 0.717) is 10.5 Å². The molecule has 0 radical (unpaired) electrons. The van der Waals surface area contributed by atoms with E-state index in [-0.39, 0.29) is 18.4 Å². The Morgan fingerprint density at radius 3 is 2.45 bits per heavy atom. The van der Waals surface area contributed by atoms with Crippen LogP contribution in [0.25, 0.3) is 0 Å². The Morgan fingerprint density at radius 2 is 1.69 bits per heavy atom. The minimum absolute atomic E-state index is 0.0341. The summed E-state index contributed by atoms with van der Waals surface area (Å²) in [7, 11) is 0. The fourth-order valence-electron chi connectivity index (χ4n) is 4.06. The molecular weight excluding hydrogens is 370 g/mol. The Labute approximate surface area is 170 Å². The molecule has 0 spiro atoms. The van der Waals surface area contributed by atoms with Gasteiger partial charge in [-0.25, -0.2) is 4.79 Å². The van der Waals surface area contributed by atoms with Gasteiger partial charge in [0.15, 0.2) is 12.4 Å². The van der Waals surface area contributed by atoms with Gasteiger partial charge in [0.2, 0.25) is 0 Å². The second-order valence-electron chi connectivity index (χ2n) is 7.49. The normalized spacial score (nSPS) is 26.8. The van der Waals surface area contributed by atoms with Crippen LogP contribution in [0.2, 0.25) is 0 Å². The maximum Gasteiger partial charge on any atom is 0.338 e. The number of carbonyl (C=O) groups excluding carboxylic acids is 1. The zero-order valence-corrected chi connectivity index (χ0v) is 16.2. The predicted octanol–water partition coefficient (Wildman–Crippen LogP) is 4.20. The van der Waals surface area contributed by atoms with Crippen molar-refractivity contribution in [2.75, 3.05) is 0 Å².